The van der Waals surface area contributed by atoms with Gasteiger partial charge in [0.2, 0.25) is 0 Å². The molecule has 2 saturated heterocycles. The van der Waals surface area contributed by atoms with Crippen molar-refractivity contribution in [3.8, 4) is 16.9 Å². The van der Waals surface area contributed by atoms with Gasteiger partial charge in [0.15, 0.2) is 0 Å². The topological polar surface area (TPSA) is 30.5 Å². The normalized spacial score (nSPS) is 22.1. The summed E-state index contributed by atoms with van der Waals surface area (Å²) in [6.07, 6.45) is -1.56. The molecular formula is C21H22F3NO2. The van der Waals surface area contributed by atoms with Gasteiger partial charge in [0.1, 0.15) is 5.75 Å². The second-order valence-corrected chi connectivity index (χ2v) is 7.34. The Morgan fingerprint density at radius 1 is 1.00 bits per heavy atom. The predicted molar refractivity (Wildman–Crippen MR) is 96.7 cm³/mol. The number of piperidine rings is 1. The van der Waals surface area contributed by atoms with Gasteiger partial charge in [-0.25, -0.2) is 0 Å². The molecule has 4 rings (SSSR count). The first-order valence-corrected chi connectivity index (χ1v) is 9.23. The molecule has 2 aromatic rings. The lowest BCUT2D eigenvalue weighted by atomic mass is 9.83. The van der Waals surface area contributed by atoms with Gasteiger partial charge in [0.25, 0.3) is 0 Å². The molecule has 2 heterocycles. The Morgan fingerprint density at radius 2 is 1.74 bits per heavy atom. The molecule has 0 radical (unpaired) electrons. The fraction of sp³-hybridized carbons (Fsp3) is 0.429. The quantitative estimate of drug-likeness (QED) is 0.827. The van der Waals surface area contributed by atoms with Gasteiger partial charge in [0.05, 0.1) is 12.2 Å². The van der Waals surface area contributed by atoms with Crippen molar-refractivity contribution in [1.29, 1.82) is 0 Å². The van der Waals surface area contributed by atoms with Crippen molar-refractivity contribution in [2.75, 3.05) is 19.7 Å². The third-order valence-electron chi connectivity index (χ3n) is 5.50. The molecule has 0 unspecified atom stereocenters. The van der Waals surface area contributed by atoms with Gasteiger partial charge in [-0.05, 0) is 61.2 Å². The average Bonchev–Trinajstić information content (AvgIpc) is 3.05. The summed E-state index contributed by atoms with van der Waals surface area (Å²) in [6, 6.07) is 14.2. The van der Waals surface area contributed by atoms with Crippen LogP contribution in [-0.4, -0.2) is 31.7 Å². The zero-order valence-electron chi connectivity index (χ0n) is 14.9. The molecule has 6 heteroatoms. The van der Waals surface area contributed by atoms with Crippen LogP contribution >= 0.6 is 0 Å². The molecule has 2 aromatic carbocycles. The first-order valence-electron chi connectivity index (χ1n) is 9.23. The number of hydrogen-bond donors (Lipinski definition) is 1. The maximum absolute atomic E-state index is 12.3. The van der Waals surface area contributed by atoms with Crippen molar-refractivity contribution < 1.29 is 22.6 Å². The first-order chi connectivity index (χ1) is 12.9. The molecule has 1 N–H and O–H groups in total. The highest BCUT2D eigenvalue weighted by Crippen LogP contribution is 2.42. The summed E-state index contributed by atoms with van der Waals surface area (Å²) in [4.78, 5) is 0. The van der Waals surface area contributed by atoms with E-state index >= 15 is 0 Å². The SMILES string of the molecule is FC(F)(F)Oc1ccc(-c2cccc([C@@H]3COC4(CCNCC4)C3)c2)cc1. The van der Waals surface area contributed by atoms with Crippen LogP contribution in [0, 0.1) is 0 Å². The minimum atomic E-state index is -4.67. The van der Waals surface area contributed by atoms with Crippen LogP contribution in [0.5, 0.6) is 5.75 Å². The first kappa shape index (κ1) is 18.3. The lowest BCUT2D eigenvalue weighted by Gasteiger charge is -2.33. The van der Waals surface area contributed by atoms with Gasteiger partial charge in [-0.2, -0.15) is 0 Å². The minimum Gasteiger partial charge on any atom is -0.406 e. The van der Waals surface area contributed by atoms with Crippen LogP contribution in [0.25, 0.3) is 11.1 Å². The highest BCUT2D eigenvalue weighted by molar-refractivity contribution is 5.65. The molecule has 0 aliphatic carbocycles. The van der Waals surface area contributed by atoms with E-state index in [0.29, 0.717) is 5.92 Å². The van der Waals surface area contributed by atoms with Crippen LogP contribution in [0.15, 0.2) is 48.5 Å². The standard InChI is InChI=1S/C21H22F3NO2/c22-21(23,24)27-19-6-4-15(5-7-19)16-2-1-3-17(12-16)18-13-20(26-14-18)8-10-25-11-9-20/h1-7,12,18,25H,8-11,13-14H2/t18-/m0/s1. The van der Waals surface area contributed by atoms with Gasteiger partial charge in [0, 0.05) is 5.92 Å². The second kappa shape index (κ2) is 7.17. The van der Waals surface area contributed by atoms with Crippen LogP contribution in [0.2, 0.25) is 0 Å². The van der Waals surface area contributed by atoms with Gasteiger partial charge in [-0.3, -0.25) is 0 Å². The molecule has 1 atom stereocenters. The van der Waals surface area contributed by atoms with Crippen LogP contribution in [0.1, 0.15) is 30.7 Å². The van der Waals surface area contributed by atoms with Gasteiger partial charge < -0.3 is 14.8 Å². The predicted octanol–water partition coefficient (Wildman–Crippen LogP) is 4.88. The van der Waals surface area contributed by atoms with E-state index < -0.39 is 6.36 Å². The molecule has 0 aromatic heterocycles. The number of hydrogen-bond acceptors (Lipinski definition) is 3. The molecule has 0 amide bonds. The number of alkyl halides is 3. The molecule has 2 fully saturated rings. The Hall–Kier alpha value is -2.05. The van der Waals surface area contributed by atoms with Gasteiger partial charge in [-0.15, -0.1) is 13.2 Å². The van der Waals surface area contributed by atoms with E-state index in [1.54, 1.807) is 12.1 Å². The Balaban J connectivity index is 1.49. The summed E-state index contributed by atoms with van der Waals surface area (Å²) < 4.78 is 47.0. The summed E-state index contributed by atoms with van der Waals surface area (Å²) in [5.74, 6) is 0.148. The summed E-state index contributed by atoms with van der Waals surface area (Å²) in [5, 5.41) is 3.38. The summed E-state index contributed by atoms with van der Waals surface area (Å²) >= 11 is 0. The van der Waals surface area contributed by atoms with Crippen molar-refractivity contribution in [2.45, 2.75) is 37.1 Å². The summed E-state index contributed by atoms with van der Waals surface area (Å²) in [6.45, 7) is 2.72. The van der Waals surface area contributed by atoms with E-state index in [4.69, 9.17) is 4.74 Å². The molecule has 3 nitrogen and oxygen atoms in total. The molecule has 2 aliphatic rings. The highest BCUT2D eigenvalue weighted by Gasteiger charge is 2.41. The average molecular weight is 377 g/mol. The zero-order valence-corrected chi connectivity index (χ0v) is 14.9. The zero-order chi connectivity index (χ0) is 18.9. The van der Waals surface area contributed by atoms with Crippen molar-refractivity contribution in [3.05, 3.63) is 54.1 Å². The highest BCUT2D eigenvalue weighted by atomic mass is 19.4. The number of ether oxygens (including phenoxy) is 2. The van der Waals surface area contributed by atoms with Crippen molar-refractivity contribution in [2.24, 2.45) is 0 Å². The smallest absolute Gasteiger partial charge is 0.406 e. The van der Waals surface area contributed by atoms with E-state index in [2.05, 4.69) is 22.2 Å². The van der Waals surface area contributed by atoms with Gasteiger partial charge >= 0.3 is 6.36 Å². The third kappa shape index (κ3) is 4.28. The Labute approximate surface area is 156 Å². The summed E-state index contributed by atoms with van der Waals surface area (Å²) in [7, 11) is 0. The molecule has 2 aliphatic heterocycles. The second-order valence-electron chi connectivity index (χ2n) is 7.34. The maximum Gasteiger partial charge on any atom is 0.573 e. The maximum atomic E-state index is 12.3. The molecule has 0 saturated carbocycles. The van der Waals surface area contributed by atoms with E-state index in [9.17, 15) is 13.2 Å². The number of nitrogens with one attached hydrogen (secondary N) is 1. The van der Waals surface area contributed by atoms with Crippen molar-refractivity contribution >= 4 is 0 Å². The third-order valence-corrected chi connectivity index (χ3v) is 5.50. The molecule has 1 spiro atoms. The van der Waals surface area contributed by atoms with Crippen LogP contribution in [0.4, 0.5) is 13.2 Å². The number of rotatable bonds is 3. The van der Waals surface area contributed by atoms with E-state index in [-0.39, 0.29) is 11.4 Å². The molecule has 144 valence electrons. The van der Waals surface area contributed by atoms with Gasteiger partial charge in [-0.1, -0.05) is 36.4 Å². The number of benzene rings is 2. The van der Waals surface area contributed by atoms with E-state index in [0.717, 1.165) is 50.1 Å². The Kier molecular flexibility index (Phi) is 4.86. The van der Waals surface area contributed by atoms with Crippen molar-refractivity contribution in [1.82, 2.24) is 5.32 Å². The number of halogens is 3. The summed E-state index contributed by atoms with van der Waals surface area (Å²) in [5.41, 5.74) is 3.07. The van der Waals surface area contributed by atoms with Crippen LogP contribution < -0.4 is 10.1 Å². The van der Waals surface area contributed by atoms with Crippen LogP contribution in [0.3, 0.4) is 0 Å². The lowest BCUT2D eigenvalue weighted by Crippen LogP contribution is -2.41. The van der Waals surface area contributed by atoms with E-state index in [1.807, 2.05) is 12.1 Å². The largest absolute Gasteiger partial charge is 0.573 e. The Morgan fingerprint density at radius 3 is 2.44 bits per heavy atom. The van der Waals surface area contributed by atoms with Crippen molar-refractivity contribution in [3.63, 3.8) is 0 Å². The Bertz CT molecular complexity index is 783. The minimum absolute atomic E-state index is 0.00248. The fourth-order valence-corrected chi connectivity index (χ4v) is 4.11. The lowest BCUT2D eigenvalue weighted by molar-refractivity contribution is -0.274. The molecule has 27 heavy (non-hydrogen) atoms. The molecular weight excluding hydrogens is 355 g/mol. The monoisotopic (exact) mass is 377 g/mol. The molecule has 0 bridgehead atoms. The van der Waals surface area contributed by atoms with E-state index in [1.165, 1.54) is 17.7 Å². The van der Waals surface area contributed by atoms with Crippen LogP contribution in [-0.2, 0) is 4.74 Å². The fourth-order valence-electron chi connectivity index (χ4n) is 4.11.